The highest BCUT2D eigenvalue weighted by Gasteiger charge is 2.03. The Morgan fingerprint density at radius 1 is 0.960 bits per heavy atom. The fourth-order valence-corrected chi connectivity index (χ4v) is 2.26. The molecule has 2 heterocycles. The van der Waals surface area contributed by atoms with Crippen LogP contribution in [0, 0.1) is 6.92 Å². The Labute approximate surface area is 148 Å². The van der Waals surface area contributed by atoms with Crippen molar-refractivity contribution in [2.75, 3.05) is 13.7 Å². The van der Waals surface area contributed by atoms with Gasteiger partial charge >= 0.3 is 0 Å². The molecule has 0 bridgehead atoms. The Kier molecular flexibility index (Phi) is 7.07. The lowest BCUT2D eigenvalue weighted by atomic mass is 10.2. The molecule has 0 aliphatic rings. The van der Waals surface area contributed by atoms with Crippen LogP contribution in [0.3, 0.4) is 0 Å². The minimum absolute atomic E-state index is 0.528. The van der Waals surface area contributed by atoms with E-state index in [4.69, 9.17) is 9.68 Å². The molecule has 25 heavy (non-hydrogen) atoms. The zero-order valence-corrected chi connectivity index (χ0v) is 15.2. The topological polar surface area (TPSA) is 69.0 Å². The average molecular weight is 340 g/mol. The second-order valence-electron chi connectivity index (χ2n) is 5.65. The molecule has 0 aromatic carbocycles. The molecule has 0 aliphatic heterocycles. The van der Waals surface area contributed by atoms with Gasteiger partial charge in [0, 0.05) is 11.4 Å². The highest BCUT2D eigenvalue weighted by Crippen LogP contribution is 2.05. The van der Waals surface area contributed by atoms with Crippen molar-refractivity contribution in [1.82, 2.24) is 9.97 Å². The highest BCUT2D eigenvalue weighted by atomic mass is 16.6. The van der Waals surface area contributed by atoms with Crippen molar-refractivity contribution in [3.8, 4) is 0 Å². The largest absolute Gasteiger partial charge is 0.399 e. The van der Waals surface area contributed by atoms with Crippen molar-refractivity contribution < 1.29 is 9.68 Å². The maximum atomic E-state index is 5.40. The van der Waals surface area contributed by atoms with Crippen molar-refractivity contribution in [3.63, 3.8) is 0 Å². The van der Waals surface area contributed by atoms with Gasteiger partial charge in [-0.25, -0.2) is 0 Å². The molecule has 0 N–H and O–H groups in total. The van der Waals surface area contributed by atoms with Gasteiger partial charge in [0.1, 0.15) is 25.1 Å². The van der Waals surface area contributed by atoms with Gasteiger partial charge in [0.25, 0.3) is 0 Å². The summed E-state index contributed by atoms with van der Waals surface area (Å²) in [7, 11) is 1.53. The summed E-state index contributed by atoms with van der Waals surface area (Å²) >= 11 is 0. The molecule has 0 aliphatic carbocycles. The lowest BCUT2D eigenvalue weighted by molar-refractivity contribution is 0.141. The number of aromatic nitrogens is 2. The summed E-state index contributed by atoms with van der Waals surface area (Å²) in [6.45, 7) is 6.25. The first-order valence-electron chi connectivity index (χ1n) is 8.25. The number of nitrogens with zero attached hydrogens (tertiary/aromatic N) is 4. The maximum absolute atomic E-state index is 5.40. The molecule has 0 saturated carbocycles. The summed E-state index contributed by atoms with van der Waals surface area (Å²) in [5, 5.41) is 8.04. The Bertz CT molecular complexity index is 757. The van der Waals surface area contributed by atoms with Crippen LogP contribution in [0.4, 0.5) is 0 Å². The van der Waals surface area contributed by atoms with Crippen molar-refractivity contribution >= 4 is 11.4 Å². The van der Waals surface area contributed by atoms with E-state index in [0.29, 0.717) is 6.61 Å². The zero-order chi connectivity index (χ0) is 18.1. The van der Waals surface area contributed by atoms with Crippen molar-refractivity contribution in [1.29, 1.82) is 0 Å². The average Bonchev–Trinajstić information content (AvgIpc) is 2.61. The van der Waals surface area contributed by atoms with E-state index in [-0.39, 0.29) is 0 Å². The fraction of sp³-hybridized carbons (Fsp3) is 0.368. The quantitative estimate of drug-likeness (QED) is 0.419. The SMILES string of the molecule is CON=C(C)c1cccc(CCCON=C(C)c2cccc(C)n2)n1. The molecular formula is C19H24N4O2. The van der Waals surface area contributed by atoms with Gasteiger partial charge in [0.2, 0.25) is 0 Å². The van der Waals surface area contributed by atoms with E-state index in [1.54, 1.807) is 0 Å². The molecule has 0 spiro atoms. The van der Waals surface area contributed by atoms with E-state index < -0.39 is 0 Å². The van der Waals surface area contributed by atoms with Crippen LogP contribution in [0.1, 0.15) is 43.0 Å². The number of hydrogen-bond acceptors (Lipinski definition) is 6. The fourth-order valence-electron chi connectivity index (χ4n) is 2.26. The van der Waals surface area contributed by atoms with Crippen LogP contribution in [-0.4, -0.2) is 35.1 Å². The predicted octanol–water partition coefficient (Wildman–Crippen LogP) is 3.53. The first kappa shape index (κ1) is 18.6. The minimum Gasteiger partial charge on any atom is -0.399 e. The molecule has 0 atom stereocenters. The monoisotopic (exact) mass is 340 g/mol. The van der Waals surface area contributed by atoms with E-state index in [0.717, 1.165) is 47.0 Å². The van der Waals surface area contributed by atoms with Gasteiger partial charge in [-0.15, -0.1) is 0 Å². The smallest absolute Gasteiger partial charge is 0.117 e. The van der Waals surface area contributed by atoms with Crippen LogP contribution < -0.4 is 0 Å². The third-order valence-electron chi connectivity index (χ3n) is 3.53. The molecule has 0 radical (unpaired) electrons. The second kappa shape index (κ2) is 9.52. The first-order valence-corrected chi connectivity index (χ1v) is 8.25. The predicted molar refractivity (Wildman–Crippen MR) is 98.9 cm³/mol. The summed E-state index contributed by atoms with van der Waals surface area (Å²) in [5.74, 6) is 0. The third-order valence-corrected chi connectivity index (χ3v) is 3.53. The van der Waals surface area contributed by atoms with Crippen LogP contribution in [0.15, 0.2) is 46.7 Å². The standard InChI is InChI=1S/C19H24N4O2/c1-14-8-5-11-18(20-14)16(3)23-25-13-7-10-17-9-6-12-19(21-17)15(2)22-24-4/h5-6,8-9,11-12H,7,10,13H2,1-4H3. The summed E-state index contributed by atoms with van der Waals surface area (Å²) in [6, 6.07) is 11.7. The third kappa shape index (κ3) is 5.99. The van der Waals surface area contributed by atoms with E-state index in [2.05, 4.69) is 20.3 Å². The van der Waals surface area contributed by atoms with Crippen molar-refractivity contribution in [3.05, 3.63) is 59.2 Å². The second-order valence-corrected chi connectivity index (χ2v) is 5.65. The van der Waals surface area contributed by atoms with E-state index in [1.807, 2.05) is 57.2 Å². The molecule has 0 amide bonds. The Morgan fingerprint density at radius 2 is 1.64 bits per heavy atom. The summed E-state index contributed by atoms with van der Waals surface area (Å²) in [5.41, 5.74) is 5.14. The summed E-state index contributed by atoms with van der Waals surface area (Å²) < 4.78 is 0. The van der Waals surface area contributed by atoms with E-state index >= 15 is 0 Å². The first-order chi connectivity index (χ1) is 12.1. The number of aryl methyl sites for hydroxylation is 2. The van der Waals surface area contributed by atoms with Crippen molar-refractivity contribution in [2.24, 2.45) is 10.3 Å². The highest BCUT2D eigenvalue weighted by molar-refractivity contribution is 5.96. The van der Waals surface area contributed by atoms with Crippen LogP contribution in [0.5, 0.6) is 0 Å². The molecular weight excluding hydrogens is 316 g/mol. The van der Waals surface area contributed by atoms with Gasteiger partial charge in [-0.2, -0.15) is 0 Å². The van der Waals surface area contributed by atoms with Crippen LogP contribution in [0.2, 0.25) is 0 Å². The number of rotatable bonds is 8. The van der Waals surface area contributed by atoms with Gasteiger partial charge < -0.3 is 9.68 Å². The minimum atomic E-state index is 0.528. The van der Waals surface area contributed by atoms with Gasteiger partial charge in [0.15, 0.2) is 0 Å². The molecule has 0 unspecified atom stereocenters. The molecule has 0 fully saturated rings. The number of pyridine rings is 2. The van der Waals surface area contributed by atoms with Crippen LogP contribution in [-0.2, 0) is 16.1 Å². The van der Waals surface area contributed by atoms with E-state index in [1.165, 1.54) is 7.11 Å². The van der Waals surface area contributed by atoms with Gasteiger partial charge in [-0.1, -0.05) is 22.4 Å². The van der Waals surface area contributed by atoms with Gasteiger partial charge in [-0.3, -0.25) is 9.97 Å². The lowest BCUT2D eigenvalue weighted by Crippen LogP contribution is -2.04. The molecule has 132 valence electrons. The molecule has 2 rings (SSSR count). The zero-order valence-electron chi connectivity index (χ0n) is 15.2. The van der Waals surface area contributed by atoms with Crippen molar-refractivity contribution in [2.45, 2.75) is 33.6 Å². The molecule has 2 aromatic heterocycles. The van der Waals surface area contributed by atoms with Gasteiger partial charge in [0.05, 0.1) is 11.4 Å². The number of oxime groups is 2. The Hall–Kier alpha value is -2.76. The van der Waals surface area contributed by atoms with Gasteiger partial charge in [-0.05, 0) is 57.9 Å². The lowest BCUT2D eigenvalue weighted by Gasteiger charge is -2.05. The molecule has 6 heteroatoms. The summed E-state index contributed by atoms with van der Waals surface area (Å²) in [6.07, 6.45) is 1.64. The van der Waals surface area contributed by atoms with E-state index in [9.17, 15) is 0 Å². The van der Waals surface area contributed by atoms with Crippen LogP contribution >= 0.6 is 0 Å². The Balaban J connectivity index is 1.82. The molecule has 6 nitrogen and oxygen atoms in total. The molecule has 2 aromatic rings. The maximum Gasteiger partial charge on any atom is 0.117 e. The Morgan fingerprint density at radius 3 is 2.36 bits per heavy atom. The molecule has 0 saturated heterocycles. The normalized spacial score (nSPS) is 12.2. The van der Waals surface area contributed by atoms with Crippen LogP contribution in [0.25, 0.3) is 0 Å². The summed E-state index contributed by atoms with van der Waals surface area (Å²) in [4.78, 5) is 19.2. The number of hydrogen-bond donors (Lipinski definition) is 0.